The molecule has 1 aliphatic heterocycles. The van der Waals surface area contributed by atoms with Crippen LogP contribution in [0.2, 0.25) is 0 Å². The maximum Gasteiger partial charge on any atom is 0.253 e. The number of ether oxygens (including phenoxy) is 1. The molecule has 0 spiro atoms. The number of morpholine rings is 1. The minimum absolute atomic E-state index is 0.0513. The molecule has 0 atom stereocenters. The van der Waals surface area contributed by atoms with Gasteiger partial charge in [0.25, 0.3) is 5.91 Å². The lowest BCUT2D eigenvalue weighted by Crippen LogP contribution is -2.38. The number of nitrogens with two attached hydrogens (primary N) is 1. The van der Waals surface area contributed by atoms with Gasteiger partial charge in [0.1, 0.15) is 0 Å². The smallest absolute Gasteiger partial charge is 0.253 e. The van der Waals surface area contributed by atoms with Crippen LogP contribution in [0, 0.1) is 0 Å². The molecule has 0 saturated carbocycles. The summed E-state index contributed by atoms with van der Waals surface area (Å²) in [5, 5.41) is 8.36. The standard InChI is InChI=1S/C25H27N3O4S/c26-33(30,31)21-11-12-24(28-13-15-32-16-14-28)22(17-21)25(29)27-18-23(19-7-3-1-4-8-19)20-9-5-2-6-10-20/h1-12,17,23H,13-16,18H2,(H,27,29)(H2,26,30,31). The van der Waals surface area contributed by atoms with E-state index in [0.29, 0.717) is 38.5 Å². The molecule has 33 heavy (non-hydrogen) atoms. The lowest BCUT2D eigenvalue weighted by Gasteiger charge is -2.30. The summed E-state index contributed by atoms with van der Waals surface area (Å²) in [5.74, 6) is -0.400. The van der Waals surface area contributed by atoms with Crippen molar-refractivity contribution in [3.05, 3.63) is 95.6 Å². The molecule has 3 N–H and O–H groups in total. The molecule has 0 unspecified atom stereocenters. The van der Waals surface area contributed by atoms with E-state index in [4.69, 9.17) is 9.88 Å². The molecule has 1 aliphatic rings. The second-order valence-corrected chi connectivity index (χ2v) is 9.47. The average Bonchev–Trinajstić information content (AvgIpc) is 2.85. The summed E-state index contributed by atoms with van der Waals surface area (Å²) >= 11 is 0. The van der Waals surface area contributed by atoms with E-state index in [1.165, 1.54) is 12.1 Å². The van der Waals surface area contributed by atoms with E-state index in [9.17, 15) is 13.2 Å². The Morgan fingerprint density at radius 3 is 2.06 bits per heavy atom. The minimum atomic E-state index is -3.95. The molecular weight excluding hydrogens is 438 g/mol. The van der Waals surface area contributed by atoms with Crippen molar-refractivity contribution >= 4 is 21.6 Å². The fourth-order valence-corrected chi connectivity index (χ4v) is 4.58. The van der Waals surface area contributed by atoms with Gasteiger partial charge in [-0.15, -0.1) is 0 Å². The number of benzene rings is 3. The molecule has 172 valence electrons. The molecule has 1 heterocycles. The highest BCUT2D eigenvalue weighted by Gasteiger charge is 2.23. The van der Waals surface area contributed by atoms with Crippen LogP contribution in [0.4, 0.5) is 5.69 Å². The van der Waals surface area contributed by atoms with E-state index in [-0.39, 0.29) is 22.3 Å². The number of primary sulfonamides is 1. The van der Waals surface area contributed by atoms with Crippen LogP contribution in [0.25, 0.3) is 0 Å². The lowest BCUT2D eigenvalue weighted by atomic mass is 9.91. The van der Waals surface area contributed by atoms with Crippen molar-refractivity contribution < 1.29 is 17.9 Å². The quantitative estimate of drug-likeness (QED) is 0.559. The predicted octanol–water partition coefficient (Wildman–Crippen LogP) is 2.73. The monoisotopic (exact) mass is 465 g/mol. The molecule has 8 heteroatoms. The number of carbonyl (C=O) groups excluding carboxylic acids is 1. The number of rotatable bonds is 7. The third-order valence-corrected chi connectivity index (χ3v) is 6.67. The topological polar surface area (TPSA) is 102 Å². The largest absolute Gasteiger partial charge is 0.378 e. The zero-order chi connectivity index (χ0) is 23.3. The Labute approximate surface area is 194 Å². The van der Waals surface area contributed by atoms with E-state index in [1.54, 1.807) is 6.07 Å². The maximum atomic E-state index is 13.3. The average molecular weight is 466 g/mol. The van der Waals surface area contributed by atoms with Gasteiger partial charge in [0, 0.05) is 31.2 Å². The van der Waals surface area contributed by atoms with E-state index in [2.05, 4.69) is 5.32 Å². The lowest BCUT2D eigenvalue weighted by molar-refractivity contribution is 0.0950. The number of anilines is 1. The molecule has 4 rings (SSSR count). The Hall–Kier alpha value is -3.20. The SMILES string of the molecule is NS(=O)(=O)c1ccc(N2CCOCC2)c(C(=O)NCC(c2ccccc2)c2ccccc2)c1. The highest BCUT2D eigenvalue weighted by Crippen LogP contribution is 2.27. The van der Waals surface area contributed by atoms with Crippen molar-refractivity contribution in [3.63, 3.8) is 0 Å². The van der Waals surface area contributed by atoms with Gasteiger partial charge in [-0.3, -0.25) is 4.79 Å². The van der Waals surface area contributed by atoms with Crippen molar-refractivity contribution in [2.75, 3.05) is 37.7 Å². The molecule has 0 aliphatic carbocycles. The molecule has 7 nitrogen and oxygen atoms in total. The number of amides is 1. The van der Waals surface area contributed by atoms with Crippen LogP contribution in [-0.2, 0) is 14.8 Å². The highest BCUT2D eigenvalue weighted by molar-refractivity contribution is 7.89. The van der Waals surface area contributed by atoms with Gasteiger partial charge in [-0.25, -0.2) is 13.6 Å². The fourth-order valence-electron chi connectivity index (χ4n) is 4.04. The zero-order valence-corrected chi connectivity index (χ0v) is 19.0. The van der Waals surface area contributed by atoms with E-state index in [1.807, 2.05) is 65.6 Å². The Morgan fingerprint density at radius 2 is 1.52 bits per heavy atom. The summed E-state index contributed by atoms with van der Waals surface area (Å²) in [6.45, 7) is 2.68. The Morgan fingerprint density at radius 1 is 0.939 bits per heavy atom. The molecule has 3 aromatic rings. The second-order valence-electron chi connectivity index (χ2n) is 7.91. The number of nitrogens with one attached hydrogen (secondary N) is 1. The zero-order valence-electron chi connectivity index (χ0n) is 18.2. The number of carbonyl (C=O) groups is 1. The molecule has 1 saturated heterocycles. The van der Waals surface area contributed by atoms with E-state index >= 15 is 0 Å². The summed E-state index contributed by atoms with van der Waals surface area (Å²) in [4.78, 5) is 15.3. The molecule has 3 aromatic carbocycles. The summed E-state index contributed by atoms with van der Waals surface area (Å²) in [7, 11) is -3.95. The van der Waals surface area contributed by atoms with E-state index < -0.39 is 10.0 Å². The first-order valence-corrected chi connectivity index (χ1v) is 12.4. The summed E-state index contributed by atoms with van der Waals surface area (Å²) in [6.07, 6.45) is 0. The molecule has 0 aromatic heterocycles. The summed E-state index contributed by atoms with van der Waals surface area (Å²) in [5.41, 5.74) is 3.11. The summed E-state index contributed by atoms with van der Waals surface area (Å²) < 4.78 is 29.3. The molecule has 0 radical (unpaired) electrons. The maximum absolute atomic E-state index is 13.3. The van der Waals surface area contributed by atoms with Crippen molar-refractivity contribution in [1.82, 2.24) is 5.32 Å². The van der Waals surface area contributed by atoms with Crippen molar-refractivity contribution in [2.24, 2.45) is 5.14 Å². The third-order valence-electron chi connectivity index (χ3n) is 5.76. The molecular formula is C25H27N3O4S. The van der Waals surface area contributed by atoms with Crippen LogP contribution in [0.15, 0.2) is 83.8 Å². The Balaban J connectivity index is 1.63. The Bertz CT molecular complexity index is 1160. The number of nitrogens with zero attached hydrogens (tertiary/aromatic N) is 1. The molecule has 1 fully saturated rings. The minimum Gasteiger partial charge on any atom is -0.378 e. The van der Waals surface area contributed by atoms with Crippen LogP contribution < -0.4 is 15.4 Å². The van der Waals surface area contributed by atoms with Crippen molar-refractivity contribution in [1.29, 1.82) is 0 Å². The van der Waals surface area contributed by atoms with Crippen LogP contribution in [0.1, 0.15) is 27.4 Å². The Kier molecular flexibility index (Phi) is 7.08. The third kappa shape index (κ3) is 5.60. The second kappa shape index (κ2) is 10.2. The molecule has 0 bridgehead atoms. The van der Waals surface area contributed by atoms with Crippen molar-refractivity contribution in [2.45, 2.75) is 10.8 Å². The van der Waals surface area contributed by atoms with Crippen LogP contribution in [0.3, 0.4) is 0 Å². The normalized spacial score (nSPS) is 14.3. The van der Waals surface area contributed by atoms with Gasteiger partial charge in [0.2, 0.25) is 10.0 Å². The first-order valence-electron chi connectivity index (χ1n) is 10.8. The van der Waals surface area contributed by atoms with Gasteiger partial charge in [0.15, 0.2) is 0 Å². The highest BCUT2D eigenvalue weighted by atomic mass is 32.2. The van der Waals surface area contributed by atoms with Gasteiger partial charge in [-0.1, -0.05) is 60.7 Å². The van der Waals surface area contributed by atoms with Gasteiger partial charge in [-0.2, -0.15) is 0 Å². The first-order chi connectivity index (χ1) is 15.9. The molecule has 1 amide bonds. The van der Waals surface area contributed by atoms with Crippen LogP contribution in [0.5, 0.6) is 0 Å². The van der Waals surface area contributed by atoms with E-state index in [0.717, 1.165) is 11.1 Å². The fraction of sp³-hybridized carbons (Fsp3) is 0.240. The van der Waals surface area contributed by atoms with Gasteiger partial charge >= 0.3 is 0 Å². The van der Waals surface area contributed by atoms with Crippen LogP contribution in [-0.4, -0.2) is 47.2 Å². The van der Waals surface area contributed by atoms with Gasteiger partial charge in [0.05, 0.1) is 23.7 Å². The summed E-state index contributed by atoms with van der Waals surface area (Å²) in [6, 6.07) is 24.4. The van der Waals surface area contributed by atoms with Crippen LogP contribution >= 0.6 is 0 Å². The number of hydrogen-bond donors (Lipinski definition) is 2. The van der Waals surface area contributed by atoms with Gasteiger partial charge < -0.3 is 15.0 Å². The number of hydrogen-bond acceptors (Lipinski definition) is 5. The van der Waals surface area contributed by atoms with Crippen molar-refractivity contribution in [3.8, 4) is 0 Å². The number of sulfonamides is 1. The first kappa shape index (κ1) is 23.0. The van der Waals surface area contributed by atoms with Gasteiger partial charge in [-0.05, 0) is 29.3 Å². The predicted molar refractivity (Wildman–Crippen MR) is 128 cm³/mol.